The van der Waals surface area contributed by atoms with Crippen LogP contribution in [0.1, 0.15) is 0 Å². The molecular weight excluding hydrogens is 595 g/mol. The number of furan rings is 1. The van der Waals surface area contributed by atoms with Crippen LogP contribution in [0.3, 0.4) is 0 Å². The number of aromatic nitrogens is 3. The molecule has 4 nitrogen and oxygen atoms in total. The van der Waals surface area contributed by atoms with Gasteiger partial charge in [0.05, 0.1) is 21.1 Å². The average Bonchev–Trinajstić information content (AvgIpc) is 3.82. The highest BCUT2D eigenvalue weighted by molar-refractivity contribution is 7.27. The van der Waals surface area contributed by atoms with E-state index >= 15 is 0 Å². The highest BCUT2D eigenvalue weighted by atomic mass is 32.1. The fourth-order valence-corrected chi connectivity index (χ4v) is 8.88. The van der Waals surface area contributed by atoms with Gasteiger partial charge in [0.2, 0.25) is 5.95 Å². The van der Waals surface area contributed by atoms with Crippen molar-refractivity contribution in [3.8, 4) is 17.2 Å². The van der Waals surface area contributed by atoms with E-state index in [1.54, 1.807) is 0 Å². The second-order valence-electron chi connectivity index (χ2n) is 12.1. The molecule has 5 heteroatoms. The van der Waals surface area contributed by atoms with E-state index in [2.05, 4.69) is 126 Å². The number of rotatable bonds is 2. The SMILES string of the molecule is c1ccc(-c2nc(-n3c4ccccc4c4c5ccccc5c5c6ccccc6sc5c43)nc3c2oc2ccc4ccccc4c23)cc1. The van der Waals surface area contributed by atoms with Gasteiger partial charge in [-0.2, -0.15) is 0 Å². The van der Waals surface area contributed by atoms with E-state index in [-0.39, 0.29) is 0 Å². The van der Waals surface area contributed by atoms with Gasteiger partial charge in [-0.3, -0.25) is 4.57 Å². The third-order valence-corrected chi connectivity index (χ3v) is 10.8. The number of para-hydroxylation sites is 1. The lowest BCUT2D eigenvalue weighted by Crippen LogP contribution is -2.03. The van der Waals surface area contributed by atoms with Crippen LogP contribution in [-0.4, -0.2) is 14.5 Å². The second kappa shape index (κ2) is 9.25. The molecule has 7 aromatic carbocycles. The molecule has 11 aromatic rings. The zero-order chi connectivity index (χ0) is 30.6. The van der Waals surface area contributed by atoms with E-state index in [1.165, 1.54) is 41.7 Å². The lowest BCUT2D eigenvalue weighted by Gasteiger charge is -2.11. The van der Waals surface area contributed by atoms with E-state index in [4.69, 9.17) is 14.4 Å². The zero-order valence-corrected chi connectivity index (χ0v) is 25.8. The number of thiophene rings is 1. The molecule has 0 radical (unpaired) electrons. The third kappa shape index (κ3) is 3.36. The quantitative estimate of drug-likeness (QED) is 0.194. The summed E-state index contributed by atoms with van der Waals surface area (Å²) < 4.78 is 11.4. The maximum absolute atomic E-state index is 6.63. The predicted molar refractivity (Wildman–Crippen MR) is 197 cm³/mol. The molecule has 0 N–H and O–H groups in total. The normalized spacial score (nSPS) is 12.3. The minimum absolute atomic E-state index is 0.632. The first-order valence-corrected chi connectivity index (χ1v) is 16.6. The van der Waals surface area contributed by atoms with Gasteiger partial charge < -0.3 is 4.42 Å². The Bertz CT molecular complexity index is 3080. The first kappa shape index (κ1) is 25.2. The van der Waals surface area contributed by atoms with Crippen LogP contribution in [-0.2, 0) is 0 Å². The highest BCUT2D eigenvalue weighted by Crippen LogP contribution is 2.48. The fourth-order valence-electron chi connectivity index (χ4n) is 7.62. The summed E-state index contributed by atoms with van der Waals surface area (Å²) in [5, 5.41) is 10.7. The monoisotopic (exact) mass is 617 g/mol. The van der Waals surface area contributed by atoms with Crippen LogP contribution in [0.5, 0.6) is 0 Å². The Morgan fingerprint density at radius 1 is 0.532 bits per heavy atom. The predicted octanol–water partition coefficient (Wildman–Crippen LogP) is 11.8. The second-order valence-corrected chi connectivity index (χ2v) is 13.2. The molecular formula is C42H23N3OS. The van der Waals surface area contributed by atoms with E-state index in [0.29, 0.717) is 11.5 Å². The summed E-state index contributed by atoms with van der Waals surface area (Å²) in [6.45, 7) is 0. The molecule has 0 amide bonds. The van der Waals surface area contributed by atoms with Crippen LogP contribution >= 0.6 is 11.3 Å². The standard InChI is InChI=1S/C42H23N3OS/c1-2-13-25(14-3-1)37-40-38(36-26-15-5-4-12-24(26)22-23-32(36)46-40)44-42(43-37)45-31-20-10-8-18-29(31)34-27-16-6-7-17-28(27)35-30-19-9-11-21-33(30)47-41(35)39(34)45/h1-23H. The van der Waals surface area contributed by atoms with Crippen LogP contribution in [0, 0.1) is 0 Å². The summed E-state index contributed by atoms with van der Waals surface area (Å²) in [6, 6.07) is 49.2. The molecule has 0 aliphatic rings. The maximum atomic E-state index is 6.63. The molecule has 0 fully saturated rings. The van der Waals surface area contributed by atoms with Crippen LogP contribution in [0.15, 0.2) is 144 Å². The van der Waals surface area contributed by atoms with Gasteiger partial charge >= 0.3 is 0 Å². The summed E-state index contributed by atoms with van der Waals surface area (Å²) in [5.41, 5.74) is 6.31. The molecule has 0 saturated heterocycles. The molecule has 47 heavy (non-hydrogen) atoms. The minimum atomic E-state index is 0.632. The summed E-state index contributed by atoms with van der Waals surface area (Å²) in [5.74, 6) is 0.632. The van der Waals surface area contributed by atoms with Crippen molar-refractivity contribution >= 4 is 96.9 Å². The van der Waals surface area contributed by atoms with Crippen molar-refractivity contribution in [1.29, 1.82) is 0 Å². The molecule has 0 aliphatic heterocycles. The summed E-state index contributed by atoms with van der Waals surface area (Å²) in [4.78, 5) is 10.8. The zero-order valence-electron chi connectivity index (χ0n) is 24.9. The highest BCUT2D eigenvalue weighted by Gasteiger charge is 2.25. The Hall–Kier alpha value is -6.04. The molecule has 0 aliphatic carbocycles. The van der Waals surface area contributed by atoms with Crippen LogP contribution in [0.4, 0.5) is 0 Å². The average molecular weight is 618 g/mol. The van der Waals surface area contributed by atoms with Crippen molar-refractivity contribution in [1.82, 2.24) is 14.5 Å². The Balaban J connectivity index is 1.39. The van der Waals surface area contributed by atoms with Crippen LogP contribution in [0.25, 0.3) is 103 Å². The van der Waals surface area contributed by atoms with Crippen molar-refractivity contribution in [3.63, 3.8) is 0 Å². The van der Waals surface area contributed by atoms with Crippen LogP contribution in [0.2, 0.25) is 0 Å². The molecule has 0 atom stereocenters. The van der Waals surface area contributed by atoms with Crippen molar-refractivity contribution in [3.05, 3.63) is 140 Å². The molecule has 11 rings (SSSR count). The third-order valence-electron chi connectivity index (χ3n) is 9.59. The smallest absolute Gasteiger partial charge is 0.236 e. The van der Waals surface area contributed by atoms with Gasteiger partial charge in [-0.1, -0.05) is 121 Å². The van der Waals surface area contributed by atoms with E-state index in [1.807, 2.05) is 29.5 Å². The number of nitrogens with zero attached hydrogens (tertiary/aromatic N) is 3. The molecule has 0 unspecified atom stereocenters. The number of benzene rings is 7. The first-order valence-electron chi connectivity index (χ1n) is 15.8. The van der Waals surface area contributed by atoms with E-state index in [9.17, 15) is 0 Å². The topological polar surface area (TPSA) is 43.9 Å². The number of hydrogen-bond donors (Lipinski definition) is 0. The number of fused-ring (bicyclic) bond motifs is 15. The van der Waals surface area contributed by atoms with Gasteiger partial charge in [-0.05, 0) is 39.7 Å². The molecule has 218 valence electrons. The molecule has 0 saturated carbocycles. The van der Waals surface area contributed by atoms with Crippen molar-refractivity contribution in [2.75, 3.05) is 0 Å². The lowest BCUT2D eigenvalue weighted by atomic mass is 9.99. The van der Waals surface area contributed by atoms with Crippen LogP contribution < -0.4 is 0 Å². The summed E-state index contributed by atoms with van der Waals surface area (Å²) in [6.07, 6.45) is 0. The summed E-state index contributed by atoms with van der Waals surface area (Å²) >= 11 is 1.85. The molecule has 4 heterocycles. The molecule has 0 spiro atoms. The Labute approximate surface area is 271 Å². The van der Waals surface area contributed by atoms with Gasteiger partial charge in [0.15, 0.2) is 5.58 Å². The number of hydrogen-bond acceptors (Lipinski definition) is 4. The molecule has 4 aromatic heterocycles. The Morgan fingerprint density at radius 2 is 1.21 bits per heavy atom. The Morgan fingerprint density at radius 3 is 2.06 bits per heavy atom. The van der Waals surface area contributed by atoms with E-state index < -0.39 is 0 Å². The fraction of sp³-hybridized carbons (Fsp3) is 0. The maximum Gasteiger partial charge on any atom is 0.236 e. The van der Waals surface area contributed by atoms with Gasteiger partial charge in [0.25, 0.3) is 0 Å². The minimum Gasteiger partial charge on any atom is -0.452 e. The lowest BCUT2D eigenvalue weighted by molar-refractivity contribution is 0.667. The van der Waals surface area contributed by atoms with Gasteiger partial charge in [-0.25, -0.2) is 9.97 Å². The molecule has 0 bridgehead atoms. The Kier molecular flexibility index (Phi) is 4.96. The van der Waals surface area contributed by atoms with E-state index in [0.717, 1.165) is 49.5 Å². The van der Waals surface area contributed by atoms with Crippen molar-refractivity contribution in [2.24, 2.45) is 0 Å². The van der Waals surface area contributed by atoms with Gasteiger partial charge in [0, 0.05) is 31.8 Å². The summed E-state index contributed by atoms with van der Waals surface area (Å²) in [7, 11) is 0. The van der Waals surface area contributed by atoms with Crippen molar-refractivity contribution < 1.29 is 4.42 Å². The van der Waals surface area contributed by atoms with Crippen molar-refractivity contribution in [2.45, 2.75) is 0 Å². The van der Waals surface area contributed by atoms with Gasteiger partial charge in [0.1, 0.15) is 16.8 Å². The van der Waals surface area contributed by atoms with Gasteiger partial charge in [-0.15, -0.1) is 11.3 Å². The largest absolute Gasteiger partial charge is 0.452 e. The first-order chi connectivity index (χ1) is 23.3.